The zero-order valence-corrected chi connectivity index (χ0v) is 11.0. The van der Waals surface area contributed by atoms with Gasteiger partial charge in [-0.3, -0.25) is 0 Å². The van der Waals surface area contributed by atoms with Gasteiger partial charge in [-0.1, -0.05) is 18.2 Å². The third-order valence-corrected chi connectivity index (χ3v) is 2.91. The molecule has 0 saturated heterocycles. The molecular weight excluding hydrogens is 252 g/mol. The van der Waals surface area contributed by atoms with Crippen molar-refractivity contribution >= 4 is 17.9 Å². The van der Waals surface area contributed by atoms with E-state index >= 15 is 0 Å². The van der Waals surface area contributed by atoms with Crippen molar-refractivity contribution in [1.29, 1.82) is 0 Å². The van der Waals surface area contributed by atoms with Crippen LogP contribution in [-0.4, -0.2) is 11.9 Å². The van der Waals surface area contributed by atoms with Crippen molar-refractivity contribution in [2.75, 3.05) is 0 Å². The monoisotopic (exact) mass is 265 g/mol. The summed E-state index contributed by atoms with van der Waals surface area (Å²) in [6, 6.07) is 13.2. The number of carbonyl (C=O) groups is 1. The number of benzene rings is 1. The Hall–Kier alpha value is -2.75. The number of hydrogen-bond donors (Lipinski definition) is 0. The number of nitrogens with zero attached hydrogens (tertiary/aromatic N) is 2. The van der Waals surface area contributed by atoms with Gasteiger partial charge in [-0.05, 0) is 24.3 Å². The molecule has 2 aromatic rings. The normalized spacial score (nSPS) is 16.1. The third kappa shape index (κ3) is 2.49. The van der Waals surface area contributed by atoms with Crippen LogP contribution in [0.25, 0.3) is 6.08 Å². The molecule has 1 aliphatic heterocycles. The Morgan fingerprint density at radius 1 is 1.15 bits per heavy atom. The molecule has 0 bridgehead atoms. The molecule has 0 unspecified atom stereocenters. The number of carbonyl (C=O) groups excluding carboxylic acids is 1. The number of pyridine rings is 1. The molecular formula is C16H13N2O2+. The standard InChI is InChI=1S/C16H13N2O2/c1-18-9-5-6-12(11-18)10-14-16(19)20-15(17-14)13-7-3-2-4-8-13/h2-11H,1H3/q+1/b14-10+. The topological polar surface area (TPSA) is 42.5 Å². The van der Waals surface area contributed by atoms with Gasteiger partial charge in [-0.15, -0.1) is 0 Å². The summed E-state index contributed by atoms with van der Waals surface area (Å²) in [4.78, 5) is 16.1. The summed E-state index contributed by atoms with van der Waals surface area (Å²) in [5.41, 5.74) is 2.01. The minimum absolute atomic E-state index is 0.315. The lowest BCUT2D eigenvalue weighted by Gasteiger charge is -1.97. The predicted octanol–water partition coefficient (Wildman–Crippen LogP) is 1.86. The molecule has 0 saturated carbocycles. The zero-order chi connectivity index (χ0) is 13.9. The highest BCUT2D eigenvalue weighted by atomic mass is 16.6. The van der Waals surface area contributed by atoms with E-state index < -0.39 is 5.97 Å². The molecule has 20 heavy (non-hydrogen) atoms. The second-order valence-corrected chi connectivity index (χ2v) is 4.50. The van der Waals surface area contributed by atoms with Crippen molar-refractivity contribution in [3.63, 3.8) is 0 Å². The van der Waals surface area contributed by atoms with Crippen LogP contribution in [0.5, 0.6) is 0 Å². The number of esters is 1. The molecule has 0 radical (unpaired) electrons. The lowest BCUT2D eigenvalue weighted by atomic mass is 10.2. The maximum atomic E-state index is 11.8. The first-order valence-electron chi connectivity index (χ1n) is 6.26. The van der Waals surface area contributed by atoms with E-state index in [1.165, 1.54) is 0 Å². The molecule has 0 aliphatic carbocycles. The minimum atomic E-state index is -0.421. The molecule has 0 N–H and O–H groups in total. The number of aromatic nitrogens is 1. The highest BCUT2D eigenvalue weighted by Gasteiger charge is 2.24. The van der Waals surface area contributed by atoms with Crippen molar-refractivity contribution in [3.05, 3.63) is 71.7 Å². The Kier molecular flexibility index (Phi) is 3.13. The first-order chi connectivity index (χ1) is 9.72. The summed E-state index contributed by atoms with van der Waals surface area (Å²) in [7, 11) is 1.92. The Labute approximate surface area is 116 Å². The Morgan fingerprint density at radius 3 is 2.70 bits per heavy atom. The molecule has 1 aromatic carbocycles. The zero-order valence-electron chi connectivity index (χ0n) is 11.0. The molecule has 1 aromatic heterocycles. The van der Waals surface area contributed by atoms with Crippen LogP contribution in [0.1, 0.15) is 11.1 Å². The number of cyclic esters (lactones) is 1. The van der Waals surface area contributed by atoms with Gasteiger partial charge in [0, 0.05) is 17.2 Å². The second kappa shape index (κ2) is 5.09. The average Bonchev–Trinajstić information content (AvgIpc) is 2.81. The van der Waals surface area contributed by atoms with Gasteiger partial charge in [0.15, 0.2) is 18.1 Å². The van der Waals surface area contributed by atoms with Crippen molar-refractivity contribution in [2.24, 2.45) is 12.0 Å². The summed E-state index contributed by atoms with van der Waals surface area (Å²) in [6.07, 6.45) is 5.56. The fourth-order valence-electron chi connectivity index (χ4n) is 1.97. The number of aryl methyl sites for hydroxylation is 1. The van der Waals surface area contributed by atoms with Crippen LogP contribution < -0.4 is 4.57 Å². The first-order valence-corrected chi connectivity index (χ1v) is 6.26. The average molecular weight is 265 g/mol. The number of hydrogen-bond acceptors (Lipinski definition) is 3. The predicted molar refractivity (Wildman–Crippen MR) is 74.7 cm³/mol. The van der Waals surface area contributed by atoms with Gasteiger partial charge in [-0.2, -0.15) is 0 Å². The molecule has 2 heterocycles. The number of ether oxygens (including phenoxy) is 1. The number of rotatable bonds is 2. The van der Waals surface area contributed by atoms with E-state index in [0.717, 1.165) is 11.1 Å². The molecule has 3 rings (SSSR count). The Morgan fingerprint density at radius 2 is 1.95 bits per heavy atom. The van der Waals surface area contributed by atoms with Crippen molar-refractivity contribution in [1.82, 2.24) is 0 Å². The molecule has 0 amide bonds. The highest BCUT2D eigenvalue weighted by molar-refractivity contribution is 6.12. The van der Waals surface area contributed by atoms with E-state index in [1.807, 2.05) is 66.5 Å². The molecule has 0 atom stereocenters. The van der Waals surface area contributed by atoms with Crippen molar-refractivity contribution in [2.45, 2.75) is 0 Å². The molecule has 1 aliphatic rings. The summed E-state index contributed by atoms with van der Waals surface area (Å²) >= 11 is 0. The third-order valence-electron chi connectivity index (χ3n) is 2.91. The van der Waals surface area contributed by atoms with Crippen LogP contribution >= 0.6 is 0 Å². The SMILES string of the molecule is C[n+]1cccc(/C=C2/N=C(c3ccccc3)OC2=O)c1. The fraction of sp³-hybridized carbons (Fsp3) is 0.0625. The van der Waals surface area contributed by atoms with Crippen LogP contribution in [0.3, 0.4) is 0 Å². The summed E-state index contributed by atoms with van der Waals surface area (Å²) in [6.45, 7) is 0. The van der Waals surface area contributed by atoms with E-state index in [2.05, 4.69) is 4.99 Å². The van der Waals surface area contributed by atoms with Crippen molar-refractivity contribution < 1.29 is 14.1 Å². The van der Waals surface area contributed by atoms with Gasteiger partial charge in [0.1, 0.15) is 7.05 Å². The van der Waals surface area contributed by atoms with Crippen LogP contribution in [0.2, 0.25) is 0 Å². The lowest BCUT2D eigenvalue weighted by Crippen LogP contribution is -2.26. The quantitative estimate of drug-likeness (QED) is 0.472. The van der Waals surface area contributed by atoms with Crippen LogP contribution in [0, 0.1) is 0 Å². The van der Waals surface area contributed by atoms with Gasteiger partial charge in [0.05, 0.1) is 0 Å². The van der Waals surface area contributed by atoms with E-state index in [9.17, 15) is 4.79 Å². The molecule has 0 spiro atoms. The Balaban J connectivity index is 1.95. The van der Waals surface area contributed by atoms with Crippen LogP contribution in [0.15, 0.2) is 65.5 Å². The van der Waals surface area contributed by atoms with Gasteiger partial charge in [0.25, 0.3) is 0 Å². The molecule has 4 heteroatoms. The fourth-order valence-corrected chi connectivity index (χ4v) is 1.97. The van der Waals surface area contributed by atoms with Crippen LogP contribution in [0.4, 0.5) is 0 Å². The first kappa shape index (κ1) is 12.3. The molecule has 0 fully saturated rings. The second-order valence-electron chi connectivity index (χ2n) is 4.50. The van der Waals surface area contributed by atoms with E-state index in [-0.39, 0.29) is 0 Å². The summed E-state index contributed by atoms with van der Waals surface area (Å²) in [5.74, 6) is -0.0717. The van der Waals surface area contributed by atoms with Gasteiger partial charge < -0.3 is 4.74 Å². The van der Waals surface area contributed by atoms with Gasteiger partial charge in [0.2, 0.25) is 5.90 Å². The largest absolute Gasteiger partial charge is 0.402 e. The maximum absolute atomic E-state index is 11.8. The lowest BCUT2D eigenvalue weighted by molar-refractivity contribution is -0.671. The Bertz CT molecular complexity index is 718. The van der Waals surface area contributed by atoms with E-state index in [1.54, 1.807) is 6.08 Å². The van der Waals surface area contributed by atoms with E-state index in [0.29, 0.717) is 11.6 Å². The van der Waals surface area contributed by atoms with Crippen LogP contribution in [-0.2, 0) is 16.6 Å². The maximum Gasteiger partial charge on any atom is 0.363 e. The van der Waals surface area contributed by atoms with Gasteiger partial charge >= 0.3 is 5.97 Å². The minimum Gasteiger partial charge on any atom is -0.402 e. The van der Waals surface area contributed by atoms with Gasteiger partial charge in [-0.25, -0.2) is 14.4 Å². The molecule has 4 nitrogen and oxygen atoms in total. The smallest absolute Gasteiger partial charge is 0.363 e. The molecule has 98 valence electrons. The number of aliphatic imine (C=N–C) groups is 1. The van der Waals surface area contributed by atoms with Crippen molar-refractivity contribution in [3.8, 4) is 0 Å². The van der Waals surface area contributed by atoms with E-state index in [4.69, 9.17) is 4.74 Å². The summed E-state index contributed by atoms with van der Waals surface area (Å²) < 4.78 is 7.11. The summed E-state index contributed by atoms with van der Waals surface area (Å²) in [5, 5.41) is 0. The highest BCUT2D eigenvalue weighted by Crippen LogP contribution is 2.18.